The second-order valence-electron chi connectivity index (χ2n) is 4.43. The van der Waals surface area contributed by atoms with Crippen LogP contribution >= 0.6 is 0 Å². The average molecular weight is 265 g/mol. The van der Waals surface area contributed by atoms with Crippen molar-refractivity contribution >= 4 is 0 Å². The van der Waals surface area contributed by atoms with Gasteiger partial charge in [-0.25, -0.2) is 4.39 Å². The molecule has 2 heterocycles. The van der Waals surface area contributed by atoms with Crippen LogP contribution in [0.25, 0.3) is 11.4 Å². The van der Waals surface area contributed by atoms with E-state index in [0.717, 1.165) is 6.07 Å². The van der Waals surface area contributed by atoms with Crippen LogP contribution in [0.5, 0.6) is 5.75 Å². The Hall–Kier alpha value is -1.99. The number of rotatable bonds is 2. The number of hydrogen-bond acceptors (Lipinski definition) is 6. The number of hydrogen-bond donors (Lipinski definition) is 2. The maximum atomic E-state index is 13.3. The summed E-state index contributed by atoms with van der Waals surface area (Å²) in [5.41, 5.74) is 6.29. The zero-order valence-electron chi connectivity index (χ0n) is 9.91. The number of phenols is 1. The first kappa shape index (κ1) is 12.1. The van der Waals surface area contributed by atoms with Crippen LogP contribution in [0, 0.1) is 5.82 Å². The molecule has 100 valence electrons. The highest BCUT2D eigenvalue weighted by molar-refractivity contribution is 5.55. The predicted octanol–water partition coefficient (Wildman–Crippen LogP) is 1.02. The standard InChI is InChI=1S/C12H12FN3O3/c13-8-3-6(1-2-10(8)17)11-15-12(19-16-11)7-4-18-5-9(7)14/h1-3,7,9,17H,4-5,14H2. The monoisotopic (exact) mass is 265 g/mol. The predicted molar refractivity (Wildman–Crippen MR) is 62.9 cm³/mol. The average Bonchev–Trinajstić information content (AvgIpc) is 3.01. The summed E-state index contributed by atoms with van der Waals surface area (Å²) in [4.78, 5) is 4.20. The Balaban J connectivity index is 1.90. The van der Waals surface area contributed by atoms with Crippen molar-refractivity contribution in [2.75, 3.05) is 13.2 Å². The lowest BCUT2D eigenvalue weighted by Crippen LogP contribution is -2.26. The van der Waals surface area contributed by atoms with Gasteiger partial charge in [-0.3, -0.25) is 0 Å². The van der Waals surface area contributed by atoms with Gasteiger partial charge in [0.05, 0.1) is 19.1 Å². The maximum Gasteiger partial charge on any atom is 0.234 e. The molecule has 2 atom stereocenters. The fourth-order valence-electron chi connectivity index (χ4n) is 1.97. The van der Waals surface area contributed by atoms with E-state index in [4.69, 9.17) is 20.1 Å². The van der Waals surface area contributed by atoms with Crippen LogP contribution in [0.4, 0.5) is 4.39 Å². The van der Waals surface area contributed by atoms with E-state index < -0.39 is 11.6 Å². The van der Waals surface area contributed by atoms with Gasteiger partial charge in [0.2, 0.25) is 11.7 Å². The van der Waals surface area contributed by atoms with Gasteiger partial charge in [-0.15, -0.1) is 0 Å². The quantitative estimate of drug-likeness (QED) is 0.842. The molecule has 1 fully saturated rings. The van der Waals surface area contributed by atoms with E-state index in [9.17, 15) is 4.39 Å². The van der Waals surface area contributed by atoms with Crippen molar-refractivity contribution in [1.82, 2.24) is 10.1 Å². The Labute approximate surface area is 108 Å². The van der Waals surface area contributed by atoms with Crippen molar-refractivity contribution in [3.05, 3.63) is 29.9 Å². The molecule has 6 nitrogen and oxygen atoms in total. The highest BCUT2D eigenvalue weighted by atomic mass is 19.1. The van der Waals surface area contributed by atoms with Crippen LogP contribution in [-0.4, -0.2) is 34.5 Å². The first-order chi connectivity index (χ1) is 9.15. The molecule has 3 N–H and O–H groups in total. The number of ether oxygens (including phenoxy) is 1. The minimum absolute atomic E-state index is 0.136. The Morgan fingerprint density at radius 1 is 1.37 bits per heavy atom. The van der Waals surface area contributed by atoms with Gasteiger partial charge in [-0.1, -0.05) is 5.16 Å². The normalized spacial score (nSPS) is 22.8. The van der Waals surface area contributed by atoms with Gasteiger partial charge in [-0.05, 0) is 18.2 Å². The number of aromatic nitrogens is 2. The Kier molecular flexibility index (Phi) is 2.92. The summed E-state index contributed by atoms with van der Waals surface area (Å²) in [7, 11) is 0. The molecule has 2 aromatic rings. The lowest BCUT2D eigenvalue weighted by Gasteiger charge is -2.06. The molecule has 0 amide bonds. The smallest absolute Gasteiger partial charge is 0.234 e. The fraction of sp³-hybridized carbons (Fsp3) is 0.333. The van der Waals surface area contributed by atoms with Gasteiger partial charge in [0.1, 0.15) is 0 Å². The molecule has 0 bridgehead atoms. The fourth-order valence-corrected chi connectivity index (χ4v) is 1.97. The third-order valence-electron chi connectivity index (χ3n) is 3.09. The molecule has 7 heteroatoms. The summed E-state index contributed by atoms with van der Waals surface area (Å²) in [6.07, 6.45) is 0. The minimum atomic E-state index is -0.732. The van der Waals surface area contributed by atoms with Gasteiger partial charge in [0, 0.05) is 11.6 Å². The molecule has 2 unspecified atom stereocenters. The third kappa shape index (κ3) is 2.18. The first-order valence-electron chi connectivity index (χ1n) is 5.81. The summed E-state index contributed by atoms with van der Waals surface area (Å²) in [6, 6.07) is 3.73. The first-order valence-corrected chi connectivity index (χ1v) is 5.81. The van der Waals surface area contributed by atoms with Crippen LogP contribution in [0.1, 0.15) is 11.8 Å². The molecule has 1 aromatic carbocycles. The number of halogens is 1. The van der Waals surface area contributed by atoms with E-state index in [1.54, 1.807) is 0 Å². The van der Waals surface area contributed by atoms with Crippen LogP contribution in [0.2, 0.25) is 0 Å². The molecule has 1 saturated heterocycles. The van der Waals surface area contributed by atoms with Crippen molar-refractivity contribution in [2.24, 2.45) is 5.73 Å². The van der Waals surface area contributed by atoms with Crippen molar-refractivity contribution < 1.29 is 18.8 Å². The Bertz CT molecular complexity index is 602. The van der Waals surface area contributed by atoms with Crippen molar-refractivity contribution in [2.45, 2.75) is 12.0 Å². The van der Waals surface area contributed by atoms with E-state index in [2.05, 4.69) is 10.1 Å². The molecule has 0 radical (unpaired) electrons. The largest absolute Gasteiger partial charge is 0.505 e. The van der Waals surface area contributed by atoms with E-state index in [1.807, 2.05) is 0 Å². The van der Waals surface area contributed by atoms with Crippen LogP contribution in [0.15, 0.2) is 22.7 Å². The van der Waals surface area contributed by atoms with Gasteiger partial charge < -0.3 is 20.1 Å². The van der Waals surface area contributed by atoms with E-state index in [0.29, 0.717) is 24.7 Å². The summed E-state index contributed by atoms with van der Waals surface area (Å²) in [5.74, 6) is -0.645. The van der Waals surface area contributed by atoms with Crippen LogP contribution in [-0.2, 0) is 4.74 Å². The molecule has 19 heavy (non-hydrogen) atoms. The SMILES string of the molecule is NC1COCC1c1nc(-c2ccc(O)c(F)c2)no1. The second kappa shape index (κ2) is 4.60. The Morgan fingerprint density at radius 3 is 2.89 bits per heavy atom. The second-order valence-corrected chi connectivity index (χ2v) is 4.43. The summed E-state index contributed by atoms with van der Waals surface area (Å²) in [5, 5.41) is 12.9. The molecular formula is C12H12FN3O3. The molecule has 0 spiro atoms. The number of benzene rings is 1. The number of phenolic OH excluding ortho intramolecular Hbond substituents is 1. The molecule has 1 aromatic heterocycles. The van der Waals surface area contributed by atoms with Gasteiger partial charge in [0.25, 0.3) is 0 Å². The zero-order chi connectivity index (χ0) is 13.4. The molecule has 0 saturated carbocycles. The molecule has 0 aliphatic carbocycles. The van der Waals surface area contributed by atoms with Crippen molar-refractivity contribution in [3.8, 4) is 17.1 Å². The molecular weight excluding hydrogens is 253 g/mol. The summed E-state index contributed by atoms with van der Waals surface area (Å²) < 4.78 is 23.6. The third-order valence-corrected chi connectivity index (χ3v) is 3.09. The summed E-state index contributed by atoms with van der Waals surface area (Å²) in [6.45, 7) is 0.892. The van der Waals surface area contributed by atoms with Gasteiger partial charge in [0.15, 0.2) is 11.6 Å². The van der Waals surface area contributed by atoms with Crippen LogP contribution in [0.3, 0.4) is 0 Å². The van der Waals surface area contributed by atoms with E-state index in [1.165, 1.54) is 12.1 Å². The zero-order valence-corrected chi connectivity index (χ0v) is 9.91. The molecule has 1 aliphatic rings. The summed E-state index contributed by atoms with van der Waals surface area (Å²) >= 11 is 0. The number of nitrogens with zero attached hydrogens (tertiary/aromatic N) is 2. The maximum absolute atomic E-state index is 13.3. The molecule has 1 aliphatic heterocycles. The lowest BCUT2D eigenvalue weighted by atomic mass is 10.1. The van der Waals surface area contributed by atoms with E-state index in [-0.39, 0.29) is 17.8 Å². The van der Waals surface area contributed by atoms with Crippen molar-refractivity contribution in [1.29, 1.82) is 0 Å². The number of aromatic hydroxyl groups is 1. The topological polar surface area (TPSA) is 94.4 Å². The molecule has 3 rings (SSSR count). The lowest BCUT2D eigenvalue weighted by molar-refractivity contribution is 0.187. The highest BCUT2D eigenvalue weighted by Gasteiger charge is 2.31. The van der Waals surface area contributed by atoms with Crippen LogP contribution < -0.4 is 5.73 Å². The van der Waals surface area contributed by atoms with Crippen molar-refractivity contribution in [3.63, 3.8) is 0 Å². The Morgan fingerprint density at radius 2 is 2.21 bits per heavy atom. The van der Waals surface area contributed by atoms with Gasteiger partial charge in [-0.2, -0.15) is 4.98 Å². The highest BCUT2D eigenvalue weighted by Crippen LogP contribution is 2.27. The van der Waals surface area contributed by atoms with E-state index >= 15 is 0 Å². The minimum Gasteiger partial charge on any atom is -0.505 e. The number of nitrogens with two attached hydrogens (primary N) is 1. The van der Waals surface area contributed by atoms with Gasteiger partial charge >= 0.3 is 0 Å².